The van der Waals surface area contributed by atoms with Crippen LogP contribution in [0.1, 0.15) is 39.6 Å². The molecule has 0 aliphatic heterocycles. The zero-order chi connectivity index (χ0) is 17.9. The molecular formula is C16H20ClN3O4. The van der Waals surface area contributed by atoms with Gasteiger partial charge in [-0.05, 0) is 45.9 Å². The van der Waals surface area contributed by atoms with Crippen molar-refractivity contribution in [3.63, 3.8) is 0 Å². The number of methoxy groups -OCH3 is 1. The molecule has 0 saturated carbocycles. The fourth-order valence-electron chi connectivity index (χ4n) is 1.87. The molecule has 1 N–H and O–H groups in total. The van der Waals surface area contributed by atoms with Crippen molar-refractivity contribution in [2.45, 2.75) is 39.3 Å². The van der Waals surface area contributed by atoms with E-state index in [0.29, 0.717) is 22.2 Å². The number of nitrogens with one attached hydrogen (secondary N) is 1. The van der Waals surface area contributed by atoms with Crippen LogP contribution >= 0.6 is 11.6 Å². The number of carbonyl (C=O) groups excluding carboxylic acids is 1. The van der Waals surface area contributed by atoms with Crippen molar-refractivity contribution >= 4 is 17.7 Å². The number of rotatable bonds is 4. The highest BCUT2D eigenvalue weighted by atomic mass is 35.5. The number of nitrogens with zero attached hydrogens (tertiary/aromatic N) is 2. The molecule has 2 rings (SSSR count). The van der Waals surface area contributed by atoms with Crippen LogP contribution in [-0.2, 0) is 4.74 Å². The molecule has 1 heterocycles. The minimum Gasteiger partial charge on any atom is -0.495 e. The van der Waals surface area contributed by atoms with Gasteiger partial charge in [0.05, 0.1) is 12.1 Å². The number of benzene rings is 1. The van der Waals surface area contributed by atoms with E-state index in [2.05, 4.69) is 15.5 Å². The molecule has 0 aliphatic rings. The number of carbonyl (C=O) groups is 1. The fourth-order valence-corrected chi connectivity index (χ4v) is 2.07. The number of amides is 1. The highest BCUT2D eigenvalue weighted by molar-refractivity contribution is 6.32. The molecule has 8 heteroatoms. The Kier molecular flexibility index (Phi) is 5.33. The lowest BCUT2D eigenvalue weighted by molar-refractivity contribution is 0.0499. The molecule has 0 saturated heterocycles. The third kappa shape index (κ3) is 4.61. The van der Waals surface area contributed by atoms with Gasteiger partial charge < -0.3 is 19.3 Å². The number of aromatic nitrogens is 2. The molecule has 1 aromatic carbocycles. The first-order chi connectivity index (χ1) is 11.2. The van der Waals surface area contributed by atoms with Crippen LogP contribution in [0.25, 0.3) is 11.4 Å². The maximum Gasteiger partial charge on any atom is 0.408 e. The van der Waals surface area contributed by atoms with Gasteiger partial charge in [-0.25, -0.2) is 4.79 Å². The average molecular weight is 354 g/mol. The Bertz CT molecular complexity index is 724. The monoisotopic (exact) mass is 353 g/mol. The van der Waals surface area contributed by atoms with Crippen molar-refractivity contribution in [3.8, 4) is 17.1 Å². The molecular weight excluding hydrogens is 334 g/mol. The van der Waals surface area contributed by atoms with Crippen LogP contribution in [0.15, 0.2) is 22.7 Å². The summed E-state index contributed by atoms with van der Waals surface area (Å²) in [6.07, 6.45) is -0.553. The van der Waals surface area contributed by atoms with Crippen LogP contribution in [-0.4, -0.2) is 28.9 Å². The quantitative estimate of drug-likeness (QED) is 0.894. The summed E-state index contributed by atoms with van der Waals surface area (Å²) >= 11 is 6.00. The standard InChI is InChI=1S/C16H20ClN3O4/c1-9(18-15(21)23-16(2,3)4)14-19-13(20-24-14)10-6-7-11(17)12(8-10)22-5/h6-9H,1-5H3,(H,18,21)/t9-/m0/s1. The van der Waals surface area contributed by atoms with Crippen LogP contribution < -0.4 is 10.1 Å². The first-order valence-electron chi connectivity index (χ1n) is 7.36. The van der Waals surface area contributed by atoms with Gasteiger partial charge in [0, 0.05) is 5.56 Å². The van der Waals surface area contributed by atoms with Crippen molar-refractivity contribution in [3.05, 3.63) is 29.1 Å². The van der Waals surface area contributed by atoms with Crippen molar-refractivity contribution < 1.29 is 18.8 Å². The maximum atomic E-state index is 11.8. The van der Waals surface area contributed by atoms with Gasteiger partial charge in [0.1, 0.15) is 17.4 Å². The summed E-state index contributed by atoms with van der Waals surface area (Å²) in [6.45, 7) is 7.09. The molecule has 0 spiro atoms. The first-order valence-corrected chi connectivity index (χ1v) is 7.74. The Hall–Kier alpha value is -2.28. The second-order valence-corrected chi connectivity index (χ2v) is 6.58. The molecule has 0 unspecified atom stereocenters. The minimum absolute atomic E-state index is 0.268. The molecule has 0 aliphatic carbocycles. The molecule has 2 aromatic rings. The number of hydrogen-bond acceptors (Lipinski definition) is 6. The predicted octanol–water partition coefficient (Wildman–Crippen LogP) is 3.98. The van der Waals surface area contributed by atoms with E-state index in [-0.39, 0.29) is 5.89 Å². The van der Waals surface area contributed by atoms with Crippen LogP contribution in [0.2, 0.25) is 5.02 Å². The molecule has 0 radical (unpaired) electrons. The normalized spacial score (nSPS) is 12.6. The fraction of sp³-hybridized carbons (Fsp3) is 0.438. The van der Waals surface area contributed by atoms with Gasteiger partial charge in [-0.3, -0.25) is 0 Å². The summed E-state index contributed by atoms with van der Waals surface area (Å²) in [6, 6.07) is 4.66. The highest BCUT2D eigenvalue weighted by Crippen LogP contribution is 2.29. The largest absolute Gasteiger partial charge is 0.495 e. The smallest absolute Gasteiger partial charge is 0.408 e. The summed E-state index contributed by atoms with van der Waals surface area (Å²) in [4.78, 5) is 16.1. The van der Waals surface area contributed by atoms with Gasteiger partial charge in [0.2, 0.25) is 11.7 Å². The molecule has 1 aromatic heterocycles. The van der Waals surface area contributed by atoms with Crippen LogP contribution in [0.4, 0.5) is 4.79 Å². The Morgan fingerprint density at radius 3 is 2.71 bits per heavy atom. The number of ether oxygens (including phenoxy) is 2. The lowest BCUT2D eigenvalue weighted by atomic mass is 10.2. The van der Waals surface area contributed by atoms with Crippen molar-refractivity contribution in [1.29, 1.82) is 0 Å². The lowest BCUT2D eigenvalue weighted by Crippen LogP contribution is -2.34. The summed E-state index contributed by atoms with van der Waals surface area (Å²) in [7, 11) is 1.53. The summed E-state index contributed by atoms with van der Waals surface area (Å²) in [5, 5.41) is 7.05. The molecule has 7 nitrogen and oxygen atoms in total. The van der Waals surface area contributed by atoms with Crippen molar-refractivity contribution in [2.75, 3.05) is 7.11 Å². The number of alkyl carbamates (subject to hydrolysis) is 1. The van der Waals surface area contributed by atoms with Gasteiger partial charge in [-0.2, -0.15) is 4.98 Å². The third-order valence-corrected chi connectivity index (χ3v) is 3.27. The molecule has 1 atom stereocenters. The maximum absolute atomic E-state index is 11.8. The van der Waals surface area contributed by atoms with E-state index in [1.54, 1.807) is 45.9 Å². The van der Waals surface area contributed by atoms with E-state index >= 15 is 0 Å². The lowest BCUT2D eigenvalue weighted by Gasteiger charge is -2.20. The number of hydrogen-bond donors (Lipinski definition) is 1. The topological polar surface area (TPSA) is 86.5 Å². The van der Waals surface area contributed by atoms with Gasteiger partial charge in [-0.1, -0.05) is 16.8 Å². The SMILES string of the molecule is COc1cc(-c2noc([C@H](C)NC(=O)OC(C)(C)C)n2)ccc1Cl. The zero-order valence-corrected chi connectivity index (χ0v) is 15.0. The zero-order valence-electron chi connectivity index (χ0n) is 14.2. The first kappa shape index (κ1) is 18.1. The van der Waals surface area contributed by atoms with Crippen LogP contribution in [0.5, 0.6) is 5.75 Å². The second kappa shape index (κ2) is 7.09. The summed E-state index contributed by atoms with van der Waals surface area (Å²) in [5.41, 5.74) is 0.111. The minimum atomic E-state index is -0.580. The van der Waals surface area contributed by atoms with E-state index in [0.717, 1.165) is 0 Å². The molecule has 24 heavy (non-hydrogen) atoms. The van der Waals surface area contributed by atoms with Crippen molar-refractivity contribution in [1.82, 2.24) is 15.5 Å². The molecule has 0 fully saturated rings. The van der Waals surface area contributed by atoms with E-state index < -0.39 is 17.7 Å². The predicted molar refractivity (Wildman–Crippen MR) is 89.1 cm³/mol. The van der Waals surface area contributed by atoms with E-state index in [9.17, 15) is 4.79 Å². The Labute approximate surface area is 145 Å². The van der Waals surface area contributed by atoms with Gasteiger partial charge in [-0.15, -0.1) is 0 Å². The van der Waals surface area contributed by atoms with E-state index in [1.165, 1.54) is 7.11 Å². The molecule has 0 bridgehead atoms. The Morgan fingerprint density at radius 1 is 1.38 bits per heavy atom. The van der Waals surface area contributed by atoms with Crippen LogP contribution in [0, 0.1) is 0 Å². The average Bonchev–Trinajstić information content (AvgIpc) is 2.95. The number of halogens is 1. The molecule has 130 valence electrons. The van der Waals surface area contributed by atoms with Gasteiger partial charge in [0.15, 0.2) is 0 Å². The highest BCUT2D eigenvalue weighted by Gasteiger charge is 2.21. The third-order valence-electron chi connectivity index (χ3n) is 2.95. The summed E-state index contributed by atoms with van der Waals surface area (Å²) in [5.74, 6) is 1.16. The summed E-state index contributed by atoms with van der Waals surface area (Å²) < 4.78 is 15.6. The van der Waals surface area contributed by atoms with E-state index in [4.69, 9.17) is 25.6 Å². The van der Waals surface area contributed by atoms with E-state index in [1.807, 2.05) is 0 Å². The van der Waals surface area contributed by atoms with Crippen LogP contribution in [0.3, 0.4) is 0 Å². The van der Waals surface area contributed by atoms with Gasteiger partial charge in [0.25, 0.3) is 0 Å². The second-order valence-electron chi connectivity index (χ2n) is 6.17. The molecule has 1 amide bonds. The van der Waals surface area contributed by atoms with Gasteiger partial charge >= 0.3 is 6.09 Å². The van der Waals surface area contributed by atoms with Crippen molar-refractivity contribution in [2.24, 2.45) is 0 Å². The Balaban J connectivity index is 2.11. The Morgan fingerprint density at radius 2 is 2.08 bits per heavy atom.